The van der Waals surface area contributed by atoms with Crippen LogP contribution < -0.4 is 10.1 Å². The maximum absolute atomic E-state index is 12.7. The van der Waals surface area contributed by atoms with E-state index in [4.69, 9.17) is 4.74 Å². The minimum atomic E-state index is -0.272. The number of hydrogen-bond acceptors (Lipinski definition) is 2. The quantitative estimate of drug-likeness (QED) is 0.928. The second-order valence-electron chi connectivity index (χ2n) is 4.77. The normalized spacial score (nSPS) is 12.9. The van der Waals surface area contributed by atoms with Crippen LogP contribution in [0.4, 0.5) is 10.1 Å². The molecule has 2 aromatic carbocycles. The van der Waals surface area contributed by atoms with Crippen LogP contribution in [0.15, 0.2) is 42.5 Å². The molecule has 2 aromatic rings. The summed E-state index contributed by atoms with van der Waals surface area (Å²) in [6.45, 7) is 0.512. The van der Waals surface area contributed by atoms with E-state index in [9.17, 15) is 9.18 Å². The van der Waals surface area contributed by atoms with Gasteiger partial charge in [0.15, 0.2) is 0 Å². The van der Waals surface area contributed by atoms with Crippen LogP contribution in [-0.2, 0) is 17.6 Å². The molecule has 102 valence electrons. The number of ether oxygens (including phenoxy) is 1. The second kappa shape index (κ2) is 5.33. The van der Waals surface area contributed by atoms with Gasteiger partial charge in [-0.15, -0.1) is 0 Å². The van der Waals surface area contributed by atoms with Crippen molar-refractivity contribution in [3.8, 4) is 5.75 Å². The van der Waals surface area contributed by atoms with Gasteiger partial charge in [-0.3, -0.25) is 4.79 Å². The molecule has 3 rings (SSSR count). The van der Waals surface area contributed by atoms with Gasteiger partial charge in [-0.1, -0.05) is 12.1 Å². The van der Waals surface area contributed by atoms with Crippen LogP contribution in [0.5, 0.6) is 5.75 Å². The third kappa shape index (κ3) is 2.79. The van der Waals surface area contributed by atoms with Crippen molar-refractivity contribution in [1.29, 1.82) is 0 Å². The minimum Gasteiger partial charge on any atom is -0.493 e. The summed E-state index contributed by atoms with van der Waals surface area (Å²) in [6.07, 6.45) is 1.20. The average Bonchev–Trinajstić information content (AvgIpc) is 2.80. The van der Waals surface area contributed by atoms with E-state index in [0.29, 0.717) is 18.8 Å². The number of hydrogen-bond donors (Lipinski definition) is 1. The lowest BCUT2D eigenvalue weighted by Crippen LogP contribution is -2.04. The van der Waals surface area contributed by atoms with E-state index in [0.717, 1.165) is 23.2 Å². The summed E-state index contributed by atoms with van der Waals surface area (Å²) in [5.74, 6) is 0.423. The molecule has 0 spiro atoms. The van der Waals surface area contributed by atoms with Crippen LogP contribution in [0.25, 0.3) is 0 Å². The first-order chi connectivity index (χ1) is 9.70. The number of amides is 1. The fraction of sp³-hybridized carbons (Fsp3) is 0.188. The molecule has 4 heteroatoms. The van der Waals surface area contributed by atoms with Crippen LogP contribution in [0.1, 0.15) is 11.1 Å². The van der Waals surface area contributed by atoms with Crippen LogP contribution in [0.2, 0.25) is 0 Å². The zero-order valence-corrected chi connectivity index (χ0v) is 10.9. The number of fused-ring (bicyclic) bond motifs is 1. The average molecular weight is 271 g/mol. The summed E-state index contributed by atoms with van der Waals surface area (Å²) in [7, 11) is 0. The van der Waals surface area contributed by atoms with Crippen molar-refractivity contribution in [2.75, 3.05) is 11.9 Å². The van der Waals surface area contributed by atoms with Gasteiger partial charge in [-0.05, 0) is 41.5 Å². The van der Waals surface area contributed by atoms with Crippen molar-refractivity contribution in [1.82, 2.24) is 0 Å². The molecule has 1 amide bonds. The molecule has 20 heavy (non-hydrogen) atoms. The highest BCUT2D eigenvalue weighted by Crippen LogP contribution is 2.24. The Morgan fingerprint density at radius 2 is 1.95 bits per heavy atom. The number of benzene rings is 2. The van der Waals surface area contributed by atoms with E-state index < -0.39 is 0 Å². The molecule has 1 aliphatic heterocycles. The van der Waals surface area contributed by atoms with E-state index in [-0.39, 0.29) is 11.7 Å². The van der Waals surface area contributed by atoms with E-state index >= 15 is 0 Å². The Morgan fingerprint density at radius 3 is 2.75 bits per heavy atom. The highest BCUT2D eigenvalue weighted by molar-refractivity contribution is 5.99. The monoisotopic (exact) mass is 271 g/mol. The highest BCUT2D eigenvalue weighted by Gasteiger charge is 2.17. The van der Waals surface area contributed by atoms with Crippen molar-refractivity contribution in [3.63, 3.8) is 0 Å². The van der Waals surface area contributed by atoms with Gasteiger partial charge in [0, 0.05) is 12.1 Å². The molecule has 0 bridgehead atoms. The Bertz CT molecular complexity index is 637. The van der Waals surface area contributed by atoms with Crippen molar-refractivity contribution in [3.05, 3.63) is 59.4 Å². The molecule has 3 nitrogen and oxygen atoms in total. The third-order valence-corrected chi connectivity index (χ3v) is 3.27. The van der Waals surface area contributed by atoms with E-state index in [2.05, 4.69) is 5.32 Å². The largest absolute Gasteiger partial charge is 0.493 e. The predicted molar refractivity (Wildman–Crippen MR) is 74.4 cm³/mol. The Kier molecular flexibility index (Phi) is 3.37. The number of carbonyl (C=O) groups is 1. The van der Waals surface area contributed by atoms with E-state index in [1.807, 2.05) is 18.2 Å². The third-order valence-electron chi connectivity index (χ3n) is 3.27. The van der Waals surface area contributed by atoms with Gasteiger partial charge in [0.1, 0.15) is 11.6 Å². The lowest BCUT2D eigenvalue weighted by molar-refractivity contribution is -0.115. The van der Waals surface area contributed by atoms with E-state index in [1.165, 1.54) is 12.1 Å². The molecule has 0 atom stereocenters. The molecule has 0 saturated carbocycles. The fourth-order valence-corrected chi connectivity index (χ4v) is 2.23. The summed E-state index contributed by atoms with van der Waals surface area (Å²) >= 11 is 0. The number of nitrogens with one attached hydrogen (secondary N) is 1. The molecule has 1 aliphatic rings. The highest BCUT2D eigenvalue weighted by atomic mass is 19.1. The minimum absolute atomic E-state index is 0.0414. The number of anilines is 1. The molecular weight excluding hydrogens is 257 g/mol. The van der Waals surface area contributed by atoms with Gasteiger partial charge < -0.3 is 10.1 Å². The van der Waals surface area contributed by atoms with Gasteiger partial charge in [0.25, 0.3) is 0 Å². The van der Waals surface area contributed by atoms with Gasteiger partial charge in [0.05, 0.1) is 13.0 Å². The molecule has 0 aliphatic carbocycles. The first-order valence-electron chi connectivity index (χ1n) is 6.51. The maximum Gasteiger partial charge on any atom is 0.228 e. The maximum atomic E-state index is 12.7. The molecular formula is C16H14FNO2. The van der Waals surface area contributed by atoms with Crippen LogP contribution in [0.3, 0.4) is 0 Å². The van der Waals surface area contributed by atoms with Gasteiger partial charge in [-0.25, -0.2) is 4.39 Å². The standard InChI is InChI=1S/C16H14FNO2/c17-13-3-5-14(6-4-13)20-8-7-11-1-2-12-10-16(19)18-15(12)9-11/h1-6,9H,7-8,10H2,(H,18,19). The zero-order chi connectivity index (χ0) is 13.9. The first-order valence-corrected chi connectivity index (χ1v) is 6.51. The molecule has 1 N–H and O–H groups in total. The van der Waals surface area contributed by atoms with Gasteiger partial charge >= 0.3 is 0 Å². The molecule has 0 radical (unpaired) electrons. The summed E-state index contributed by atoms with van der Waals surface area (Å²) < 4.78 is 18.3. The fourth-order valence-electron chi connectivity index (χ4n) is 2.23. The van der Waals surface area contributed by atoms with Crippen LogP contribution in [0, 0.1) is 5.82 Å². The lowest BCUT2D eigenvalue weighted by Gasteiger charge is -2.07. The molecule has 0 saturated heterocycles. The smallest absolute Gasteiger partial charge is 0.228 e. The van der Waals surface area contributed by atoms with Crippen LogP contribution >= 0.6 is 0 Å². The SMILES string of the molecule is O=C1Cc2ccc(CCOc3ccc(F)cc3)cc2N1. The predicted octanol–water partition coefficient (Wildman–Crippen LogP) is 2.94. The molecule has 1 heterocycles. The summed E-state index contributed by atoms with van der Waals surface area (Å²) in [5.41, 5.74) is 3.04. The Labute approximate surface area is 116 Å². The molecule has 0 aromatic heterocycles. The summed E-state index contributed by atoms with van der Waals surface area (Å²) in [5, 5.41) is 2.83. The molecule has 0 fully saturated rings. The molecule has 0 unspecified atom stereocenters. The Hall–Kier alpha value is -2.36. The van der Waals surface area contributed by atoms with Gasteiger partial charge in [-0.2, -0.15) is 0 Å². The number of rotatable bonds is 4. The zero-order valence-electron chi connectivity index (χ0n) is 10.9. The Morgan fingerprint density at radius 1 is 1.15 bits per heavy atom. The number of halogens is 1. The lowest BCUT2D eigenvalue weighted by atomic mass is 10.1. The summed E-state index contributed by atoms with van der Waals surface area (Å²) in [6, 6.07) is 11.9. The number of carbonyl (C=O) groups excluding carboxylic acids is 1. The van der Waals surface area contributed by atoms with Gasteiger partial charge in [0.2, 0.25) is 5.91 Å². The Balaban J connectivity index is 1.58. The topological polar surface area (TPSA) is 38.3 Å². The van der Waals surface area contributed by atoms with Crippen molar-refractivity contribution in [2.45, 2.75) is 12.8 Å². The first kappa shape index (κ1) is 12.7. The van der Waals surface area contributed by atoms with Crippen molar-refractivity contribution in [2.24, 2.45) is 0 Å². The summed E-state index contributed by atoms with van der Waals surface area (Å²) in [4.78, 5) is 11.3. The van der Waals surface area contributed by atoms with E-state index in [1.54, 1.807) is 12.1 Å². The van der Waals surface area contributed by atoms with Crippen LogP contribution in [-0.4, -0.2) is 12.5 Å². The van der Waals surface area contributed by atoms with Crippen molar-refractivity contribution < 1.29 is 13.9 Å². The van der Waals surface area contributed by atoms with Crippen molar-refractivity contribution >= 4 is 11.6 Å². The second-order valence-corrected chi connectivity index (χ2v) is 4.77.